The maximum absolute atomic E-state index is 13.8. The average Bonchev–Trinajstić information content (AvgIpc) is 2.76. The number of benzene rings is 1. The standard InChI is InChI=1S/C13H13ClFNO3/c1-13(12(18)19)5-6-16(7-13)11(17)8-3-2-4-9(14)10(8)15/h2-4H,5-7H2,1H3,(H,18,19). The first-order valence-corrected chi connectivity index (χ1v) is 6.19. The van der Waals surface area contributed by atoms with Crippen molar-refractivity contribution in [1.29, 1.82) is 0 Å². The molecule has 0 spiro atoms. The first-order valence-electron chi connectivity index (χ1n) is 5.82. The molecule has 1 aromatic rings. The predicted molar refractivity (Wildman–Crippen MR) is 67.7 cm³/mol. The fourth-order valence-corrected chi connectivity index (χ4v) is 2.32. The van der Waals surface area contributed by atoms with E-state index >= 15 is 0 Å². The Labute approximate surface area is 114 Å². The number of amides is 1. The number of carbonyl (C=O) groups excluding carboxylic acids is 1. The SMILES string of the molecule is CC1(C(=O)O)CCN(C(=O)c2cccc(Cl)c2F)C1. The van der Waals surface area contributed by atoms with Gasteiger partial charge in [0.25, 0.3) is 5.91 Å². The summed E-state index contributed by atoms with van der Waals surface area (Å²) in [6.45, 7) is 1.96. The molecule has 0 bridgehead atoms. The molecule has 1 amide bonds. The molecule has 2 rings (SSSR count). The summed E-state index contributed by atoms with van der Waals surface area (Å²) in [5.41, 5.74) is -1.09. The Morgan fingerprint density at radius 2 is 2.16 bits per heavy atom. The molecular weight excluding hydrogens is 273 g/mol. The van der Waals surface area contributed by atoms with E-state index in [1.54, 1.807) is 6.92 Å². The summed E-state index contributed by atoms with van der Waals surface area (Å²) in [5.74, 6) is -2.24. The third kappa shape index (κ3) is 2.42. The number of carboxylic acids is 1. The minimum Gasteiger partial charge on any atom is -0.481 e. The van der Waals surface area contributed by atoms with E-state index in [2.05, 4.69) is 0 Å². The van der Waals surface area contributed by atoms with E-state index in [0.29, 0.717) is 13.0 Å². The van der Waals surface area contributed by atoms with E-state index in [1.165, 1.54) is 23.1 Å². The molecule has 1 unspecified atom stereocenters. The highest BCUT2D eigenvalue weighted by Crippen LogP contribution is 2.31. The Balaban J connectivity index is 2.23. The smallest absolute Gasteiger partial charge is 0.311 e. The topological polar surface area (TPSA) is 57.6 Å². The van der Waals surface area contributed by atoms with Crippen molar-refractivity contribution in [3.8, 4) is 0 Å². The van der Waals surface area contributed by atoms with Crippen molar-refractivity contribution in [3.05, 3.63) is 34.6 Å². The van der Waals surface area contributed by atoms with Gasteiger partial charge in [0.05, 0.1) is 16.0 Å². The Bertz CT molecular complexity index is 549. The lowest BCUT2D eigenvalue weighted by atomic mass is 9.90. The number of carbonyl (C=O) groups is 2. The van der Waals surface area contributed by atoms with E-state index in [1.807, 2.05) is 0 Å². The van der Waals surface area contributed by atoms with Crippen LogP contribution < -0.4 is 0 Å². The lowest BCUT2D eigenvalue weighted by Gasteiger charge is -2.20. The summed E-state index contributed by atoms with van der Waals surface area (Å²) < 4.78 is 13.8. The second-order valence-corrected chi connectivity index (χ2v) is 5.35. The molecule has 0 saturated carbocycles. The van der Waals surface area contributed by atoms with Gasteiger partial charge < -0.3 is 10.0 Å². The Kier molecular flexibility index (Phi) is 3.49. The van der Waals surface area contributed by atoms with Crippen molar-refractivity contribution in [3.63, 3.8) is 0 Å². The van der Waals surface area contributed by atoms with Crippen LogP contribution in [0.2, 0.25) is 5.02 Å². The van der Waals surface area contributed by atoms with Gasteiger partial charge in [-0.05, 0) is 25.5 Å². The zero-order chi connectivity index (χ0) is 14.2. The number of hydrogen-bond donors (Lipinski definition) is 1. The van der Waals surface area contributed by atoms with E-state index < -0.39 is 23.1 Å². The molecule has 102 valence electrons. The molecule has 1 aromatic carbocycles. The number of halogens is 2. The van der Waals surface area contributed by atoms with Crippen LogP contribution in [0.5, 0.6) is 0 Å². The lowest BCUT2D eigenvalue weighted by Crippen LogP contribution is -2.35. The summed E-state index contributed by atoms with van der Waals surface area (Å²) in [6.07, 6.45) is 0.357. The van der Waals surface area contributed by atoms with Gasteiger partial charge in [-0.15, -0.1) is 0 Å². The van der Waals surface area contributed by atoms with Gasteiger partial charge in [-0.2, -0.15) is 0 Å². The molecule has 1 fully saturated rings. The van der Waals surface area contributed by atoms with Crippen LogP contribution in [-0.2, 0) is 4.79 Å². The van der Waals surface area contributed by atoms with Crippen LogP contribution in [0, 0.1) is 11.2 Å². The molecule has 6 heteroatoms. The quantitative estimate of drug-likeness (QED) is 0.908. The van der Waals surface area contributed by atoms with E-state index in [4.69, 9.17) is 16.7 Å². The van der Waals surface area contributed by atoms with Gasteiger partial charge in [0.2, 0.25) is 0 Å². The highest BCUT2D eigenvalue weighted by atomic mass is 35.5. The summed E-state index contributed by atoms with van der Waals surface area (Å²) in [5, 5.41) is 8.99. The monoisotopic (exact) mass is 285 g/mol. The maximum Gasteiger partial charge on any atom is 0.311 e. The molecular formula is C13H13ClFNO3. The highest BCUT2D eigenvalue weighted by molar-refractivity contribution is 6.31. The molecule has 1 N–H and O–H groups in total. The normalized spacial score (nSPS) is 22.6. The van der Waals surface area contributed by atoms with Crippen molar-refractivity contribution in [1.82, 2.24) is 4.90 Å². The van der Waals surface area contributed by atoms with Gasteiger partial charge in [-0.25, -0.2) is 4.39 Å². The van der Waals surface area contributed by atoms with Gasteiger partial charge in [-0.1, -0.05) is 17.7 Å². The third-order valence-electron chi connectivity index (χ3n) is 3.46. The summed E-state index contributed by atoms with van der Waals surface area (Å²) in [7, 11) is 0. The van der Waals surface area contributed by atoms with Gasteiger partial charge in [0.1, 0.15) is 0 Å². The number of nitrogens with zero attached hydrogens (tertiary/aromatic N) is 1. The van der Waals surface area contributed by atoms with Crippen molar-refractivity contribution in [2.45, 2.75) is 13.3 Å². The van der Waals surface area contributed by atoms with Crippen molar-refractivity contribution in [2.24, 2.45) is 5.41 Å². The van der Waals surface area contributed by atoms with Crippen molar-refractivity contribution >= 4 is 23.5 Å². The fraction of sp³-hybridized carbons (Fsp3) is 0.385. The minimum atomic E-state index is -0.968. The fourth-order valence-electron chi connectivity index (χ4n) is 2.15. The molecule has 1 aliphatic heterocycles. The van der Waals surface area contributed by atoms with Crippen molar-refractivity contribution < 1.29 is 19.1 Å². The largest absolute Gasteiger partial charge is 0.481 e. The average molecular weight is 286 g/mol. The highest BCUT2D eigenvalue weighted by Gasteiger charge is 2.42. The number of aliphatic carboxylic acids is 1. The third-order valence-corrected chi connectivity index (χ3v) is 3.75. The van der Waals surface area contributed by atoms with Crippen LogP contribution in [0.4, 0.5) is 4.39 Å². The van der Waals surface area contributed by atoms with E-state index in [0.717, 1.165) is 0 Å². The summed E-state index contributed by atoms with van der Waals surface area (Å²) >= 11 is 5.63. The number of hydrogen-bond acceptors (Lipinski definition) is 2. The Morgan fingerprint density at radius 3 is 2.74 bits per heavy atom. The number of carboxylic acid groups (broad SMARTS) is 1. The van der Waals surface area contributed by atoms with Gasteiger partial charge >= 0.3 is 5.97 Å². The minimum absolute atomic E-state index is 0.0765. The maximum atomic E-state index is 13.8. The van der Waals surface area contributed by atoms with Crippen molar-refractivity contribution in [2.75, 3.05) is 13.1 Å². The van der Waals surface area contributed by atoms with Crippen LogP contribution in [0.3, 0.4) is 0 Å². The summed E-state index contributed by atoms with van der Waals surface area (Å²) in [6, 6.07) is 4.20. The molecule has 0 aliphatic carbocycles. The molecule has 4 nitrogen and oxygen atoms in total. The molecule has 1 aliphatic rings. The van der Waals surface area contributed by atoms with Gasteiger partial charge in [-0.3, -0.25) is 9.59 Å². The molecule has 0 aromatic heterocycles. The van der Waals surface area contributed by atoms with Crippen LogP contribution in [0.1, 0.15) is 23.7 Å². The zero-order valence-electron chi connectivity index (χ0n) is 10.3. The first kappa shape index (κ1) is 13.8. The van der Waals surface area contributed by atoms with Gasteiger partial charge in [0, 0.05) is 13.1 Å². The van der Waals surface area contributed by atoms with Crippen LogP contribution in [-0.4, -0.2) is 35.0 Å². The molecule has 19 heavy (non-hydrogen) atoms. The second kappa shape index (κ2) is 4.81. The second-order valence-electron chi connectivity index (χ2n) is 4.94. The van der Waals surface area contributed by atoms with Crippen LogP contribution in [0.25, 0.3) is 0 Å². The Morgan fingerprint density at radius 1 is 1.47 bits per heavy atom. The van der Waals surface area contributed by atoms with Crippen LogP contribution in [0.15, 0.2) is 18.2 Å². The molecule has 1 atom stereocenters. The molecule has 0 radical (unpaired) electrons. The summed E-state index contributed by atoms with van der Waals surface area (Å²) in [4.78, 5) is 24.6. The Hall–Kier alpha value is -1.62. The first-order chi connectivity index (χ1) is 8.85. The van der Waals surface area contributed by atoms with E-state index in [-0.39, 0.29) is 17.1 Å². The predicted octanol–water partition coefficient (Wildman–Crippen LogP) is 2.42. The lowest BCUT2D eigenvalue weighted by molar-refractivity contribution is -0.147. The number of likely N-dealkylation sites (tertiary alicyclic amines) is 1. The molecule has 1 saturated heterocycles. The number of rotatable bonds is 2. The zero-order valence-corrected chi connectivity index (χ0v) is 11.1. The van der Waals surface area contributed by atoms with E-state index in [9.17, 15) is 14.0 Å². The molecule has 1 heterocycles. The van der Waals surface area contributed by atoms with Gasteiger partial charge in [0.15, 0.2) is 5.82 Å². The van der Waals surface area contributed by atoms with Crippen LogP contribution >= 0.6 is 11.6 Å².